The summed E-state index contributed by atoms with van der Waals surface area (Å²) in [5, 5.41) is 13.2. The maximum Gasteiger partial charge on any atom is 0.134 e. The maximum absolute atomic E-state index is 9.91. The average Bonchev–Trinajstić information content (AvgIpc) is 2.41. The normalized spacial score (nSPS) is 10.4. The van der Waals surface area contributed by atoms with Crippen molar-refractivity contribution < 1.29 is 9.84 Å². The van der Waals surface area contributed by atoms with Gasteiger partial charge in [0, 0.05) is 24.9 Å². The predicted octanol–water partition coefficient (Wildman–Crippen LogP) is 3.91. The Hall–Kier alpha value is -1.52. The van der Waals surface area contributed by atoms with Crippen molar-refractivity contribution in [1.82, 2.24) is 0 Å². The molecule has 2 rings (SSSR count). The molecule has 2 N–H and O–H groups in total. The molecule has 2 aromatic rings. The molecule has 0 bridgehead atoms. The van der Waals surface area contributed by atoms with Crippen molar-refractivity contribution in [1.29, 1.82) is 0 Å². The summed E-state index contributed by atoms with van der Waals surface area (Å²) in [7, 11) is 1.68. The lowest BCUT2D eigenvalue weighted by Gasteiger charge is -2.10. The molecule has 2 aromatic carbocycles. The quantitative estimate of drug-likeness (QED) is 0.877. The van der Waals surface area contributed by atoms with Gasteiger partial charge in [-0.1, -0.05) is 24.3 Å². The minimum absolute atomic E-state index is 0.281. The van der Waals surface area contributed by atoms with Gasteiger partial charge in [-0.25, -0.2) is 0 Å². The molecule has 0 unspecified atom stereocenters. The van der Waals surface area contributed by atoms with E-state index >= 15 is 0 Å². The van der Waals surface area contributed by atoms with Crippen LogP contribution in [0.15, 0.2) is 46.9 Å². The Bertz CT molecular complexity index is 558. The molecule has 0 spiro atoms. The summed E-state index contributed by atoms with van der Waals surface area (Å²) < 4.78 is 5.81. The SMILES string of the molecule is COCc1cccc(NCc2cccc(Br)c2O)c1. The molecule has 0 amide bonds. The number of para-hydroxylation sites is 1. The molecular formula is C15H16BrNO2. The van der Waals surface area contributed by atoms with E-state index in [2.05, 4.69) is 21.2 Å². The van der Waals surface area contributed by atoms with E-state index < -0.39 is 0 Å². The Morgan fingerprint density at radius 3 is 2.79 bits per heavy atom. The smallest absolute Gasteiger partial charge is 0.134 e. The van der Waals surface area contributed by atoms with Gasteiger partial charge in [-0.05, 0) is 39.7 Å². The van der Waals surface area contributed by atoms with Crippen molar-refractivity contribution >= 4 is 21.6 Å². The monoisotopic (exact) mass is 321 g/mol. The van der Waals surface area contributed by atoms with Gasteiger partial charge in [-0.2, -0.15) is 0 Å². The first-order chi connectivity index (χ1) is 9.20. The predicted molar refractivity (Wildman–Crippen MR) is 80.3 cm³/mol. The first kappa shape index (κ1) is 13.9. The molecule has 3 nitrogen and oxygen atoms in total. The molecule has 0 aliphatic heterocycles. The third kappa shape index (κ3) is 3.72. The highest BCUT2D eigenvalue weighted by Gasteiger charge is 2.04. The number of anilines is 1. The number of rotatable bonds is 5. The molecule has 0 saturated carbocycles. The zero-order valence-corrected chi connectivity index (χ0v) is 12.3. The van der Waals surface area contributed by atoms with E-state index in [-0.39, 0.29) is 5.75 Å². The molecule has 4 heteroatoms. The summed E-state index contributed by atoms with van der Waals surface area (Å²) in [5.41, 5.74) is 2.98. The van der Waals surface area contributed by atoms with Crippen LogP contribution < -0.4 is 5.32 Å². The van der Waals surface area contributed by atoms with Gasteiger partial charge in [-0.3, -0.25) is 0 Å². The highest BCUT2D eigenvalue weighted by Crippen LogP contribution is 2.28. The molecular weight excluding hydrogens is 306 g/mol. The molecule has 19 heavy (non-hydrogen) atoms. The van der Waals surface area contributed by atoms with Crippen molar-refractivity contribution in [3.63, 3.8) is 0 Å². The van der Waals surface area contributed by atoms with Gasteiger partial charge in [0.2, 0.25) is 0 Å². The van der Waals surface area contributed by atoms with Crippen molar-refractivity contribution in [2.24, 2.45) is 0 Å². The van der Waals surface area contributed by atoms with Crippen LogP contribution in [-0.2, 0) is 17.9 Å². The fraction of sp³-hybridized carbons (Fsp3) is 0.200. The number of benzene rings is 2. The minimum Gasteiger partial charge on any atom is -0.506 e. The third-order valence-electron chi connectivity index (χ3n) is 2.79. The van der Waals surface area contributed by atoms with Crippen LogP contribution in [0.2, 0.25) is 0 Å². The number of aromatic hydroxyl groups is 1. The number of ether oxygens (including phenoxy) is 1. The lowest BCUT2D eigenvalue weighted by molar-refractivity contribution is 0.185. The Balaban J connectivity index is 2.06. The fourth-order valence-corrected chi connectivity index (χ4v) is 2.24. The van der Waals surface area contributed by atoms with Crippen molar-refractivity contribution in [2.75, 3.05) is 12.4 Å². The highest BCUT2D eigenvalue weighted by atomic mass is 79.9. The van der Waals surface area contributed by atoms with E-state index in [1.807, 2.05) is 42.5 Å². The Morgan fingerprint density at radius 2 is 2.00 bits per heavy atom. The van der Waals surface area contributed by atoms with Crippen LogP contribution in [0.1, 0.15) is 11.1 Å². The van der Waals surface area contributed by atoms with Crippen molar-refractivity contribution in [3.05, 3.63) is 58.1 Å². The van der Waals surface area contributed by atoms with Crippen LogP contribution in [0, 0.1) is 0 Å². The Labute approximate surface area is 121 Å². The summed E-state index contributed by atoms with van der Waals surface area (Å²) >= 11 is 3.31. The molecule has 0 saturated heterocycles. The average molecular weight is 322 g/mol. The third-order valence-corrected chi connectivity index (χ3v) is 3.43. The van der Waals surface area contributed by atoms with Crippen LogP contribution in [0.3, 0.4) is 0 Å². The number of hydrogen-bond acceptors (Lipinski definition) is 3. The summed E-state index contributed by atoms with van der Waals surface area (Å²) in [5.74, 6) is 0.281. The van der Waals surface area contributed by atoms with Gasteiger partial charge < -0.3 is 15.2 Å². The Morgan fingerprint density at radius 1 is 1.21 bits per heavy atom. The van der Waals surface area contributed by atoms with Crippen LogP contribution in [0.25, 0.3) is 0 Å². The van der Waals surface area contributed by atoms with E-state index in [0.29, 0.717) is 17.6 Å². The van der Waals surface area contributed by atoms with Gasteiger partial charge in [0.25, 0.3) is 0 Å². The zero-order valence-electron chi connectivity index (χ0n) is 10.7. The van der Waals surface area contributed by atoms with Gasteiger partial charge in [0.15, 0.2) is 0 Å². The van der Waals surface area contributed by atoms with E-state index in [1.54, 1.807) is 7.11 Å². The number of hydrogen-bond donors (Lipinski definition) is 2. The van der Waals surface area contributed by atoms with Gasteiger partial charge in [0.05, 0.1) is 11.1 Å². The van der Waals surface area contributed by atoms with E-state index in [1.165, 1.54) is 0 Å². The first-order valence-corrected chi connectivity index (χ1v) is 6.78. The van der Waals surface area contributed by atoms with Crippen LogP contribution in [-0.4, -0.2) is 12.2 Å². The molecule has 0 radical (unpaired) electrons. The van der Waals surface area contributed by atoms with Crippen molar-refractivity contribution in [3.8, 4) is 5.75 Å². The Kier molecular flexibility index (Phi) is 4.82. The largest absolute Gasteiger partial charge is 0.506 e. The lowest BCUT2D eigenvalue weighted by Crippen LogP contribution is -2.00. The van der Waals surface area contributed by atoms with E-state index in [9.17, 15) is 5.11 Å². The van der Waals surface area contributed by atoms with E-state index in [0.717, 1.165) is 16.8 Å². The first-order valence-electron chi connectivity index (χ1n) is 5.99. The second-order valence-corrected chi connectivity index (χ2v) is 5.09. The summed E-state index contributed by atoms with van der Waals surface area (Å²) in [6.07, 6.45) is 0. The number of halogens is 1. The standard InChI is InChI=1S/C15H16BrNO2/c1-19-10-11-4-2-6-13(8-11)17-9-12-5-3-7-14(16)15(12)18/h2-8,17-18H,9-10H2,1H3. The molecule has 100 valence electrons. The zero-order chi connectivity index (χ0) is 13.7. The number of nitrogens with one attached hydrogen (secondary N) is 1. The number of methoxy groups -OCH3 is 1. The number of phenolic OH excluding ortho intramolecular Hbond substituents is 1. The van der Waals surface area contributed by atoms with Crippen LogP contribution >= 0.6 is 15.9 Å². The molecule has 0 aliphatic carbocycles. The van der Waals surface area contributed by atoms with Crippen molar-refractivity contribution in [2.45, 2.75) is 13.2 Å². The summed E-state index contributed by atoms with van der Waals surface area (Å²) in [6.45, 7) is 1.17. The number of phenols is 1. The van der Waals surface area contributed by atoms with Crippen LogP contribution in [0.4, 0.5) is 5.69 Å². The lowest BCUT2D eigenvalue weighted by atomic mass is 10.1. The van der Waals surface area contributed by atoms with E-state index in [4.69, 9.17) is 4.74 Å². The van der Waals surface area contributed by atoms with Gasteiger partial charge in [0.1, 0.15) is 5.75 Å². The minimum atomic E-state index is 0.281. The van der Waals surface area contributed by atoms with Gasteiger partial charge in [-0.15, -0.1) is 0 Å². The van der Waals surface area contributed by atoms with Crippen LogP contribution in [0.5, 0.6) is 5.75 Å². The second kappa shape index (κ2) is 6.59. The summed E-state index contributed by atoms with van der Waals surface area (Å²) in [4.78, 5) is 0. The molecule has 0 atom stereocenters. The summed E-state index contributed by atoms with van der Waals surface area (Å²) in [6, 6.07) is 13.7. The van der Waals surface area contributed by atoms with Gasteiger partial charge >= 0.3 is 0 Å². The highest BCUT2D eigenvalue weighted by molar-refractivity contribution is 9.10. The molecule has 0 heterocycles. The maximum atomic E-state index is 9.91. The molecule has 0 aromatic heterocycles. The fourth-order valence-electron chi connectivity index (χ4n) is 1.84. The molecule has 0 fully saturated rings. The topological polar surface area (TPSA) is 41.5 Å². The molecule has 0 aliphatic rings. The second-order valence-electron chi connectivity index (χ2n) is 4.23.